The summed E-state index contributed by atoms with van der Waals surface area (Å²) in [7, 11) is 1.37. The maximum Gasteiger partial charge on any atom is 0.522 e. The minimum Gasteiger partial charge on any atom is -0.447 e. The molecule has 3 rings (SSSR count). The number of carbonyl (C=O) groups is 2. The molecule has 0 radical (unpaired) electrons. The Morgan fingerprint density at radius 3 is 2.42 bits per heavy atom. The molecule has 0 aromatic carbocycles. The van der Waals surface area contributed by atoms with E-state index in [0.29, 0.717) is 0 Å². The van der Waals surface area contributed by atoms with Gasteiger partial charge in [0.2, 0.25) is 0 Å². The van der Waals surface area contributed by atoms with E-state index in [-0.39, 0.29) is 47.4 Å². The molecule has 1 fully saturated rings. The van der Waals surface area contributed by atoms with E-state index in [4.69, 9.17) is 4.74 Å². The minimum atomic E-state index is -4.83. The second-order valence-electron chi connectivity index (χ2n) is 7.17. The van der Waals surface area contributed by atoms with E-state index in [2.05, 4.69) is 15.0 Å². The maximum atomic E-state index is 13.7. The Bertz CT molecular complexity index is 1020. The molecule has 1 aliphatic rings. The lowest BCUT2D eigenvalue weighted by Gasteiger charge is -2.31. The van der Waals surface area contributed by atoms with Gasteiger partial charge in [-0.05, 0) is 18.9 Å². The standard InChI is InChI=1S/C19H19F6N3O4S/c1-26-16(29)11-9-33-15-12(18(20,21)22)8-13(27-14(11)15)10-2-4-28(5-3-10)17(30)31-6-7-32-19(23,24)25/h8-10H,2-7H2,1H3,(H,26,29). The number of thiophene rings is 1. The van der Waals surface area contributed by atoms with E-state index in [1.165, 1.54) is 17.3 Å². The van der Waals surface area contributed by atoms with Crippen LogP contribution in [0.2, 0.25) is 0 Å². The van der Waals surface area contributed by atoms with Gasteiger partial charge in [0.15, 0.2) is 0 Å². The van der Waals surface area contributed by atoms with Crippen LogP contribution < -0.4 is 5.32 Å². The van der Waals surface area contributed by atoms with Gasteiger partial charge in [-0.3, -0.25) is 14.5 Å². The molecule has 0 saturated carbocycles. The van der Waals surface area contributed by atoms with Crippen LogP contribution in [0.25, 0.3) is 10.2 Å². The molecule has 2 aromatic rings. The van der Waals surface area contributed by atoms with Gasteiger partial charge in [-0.2, -0.15) is 13.2 Å². The van der Waals surface area contributed by atoms with Crippen molar-refractivity contribution in [2.75, 3.05) is 33.4 Å². The highest BCUT2D eigenvalue weighted by molar-refractivity contribution is 7.17. The third kappa shape index (κ3) is 6.05. The van der Waals surface area contributed by atoms with Gasteiger partial charge in [0.05, 0.1) is 28.0 Å². The predicted octanol–water partition coefficient (Wildman–Crippen LogP) is 4.53. The number of hydrogen-bond donors (Lipinski definition) is 1. The number of hydrogen-bond acceptors (Lipinski definition) is 6. The summed E-state index contributed by atoms with van der Waals surface area (Å²) in [6, 6.07) is 0.972. The molecule has 0 atom stereocenters. The lowest BCUT2D eigenvalue weighted by molar-refractivity contribution is -0.326. The van der Waals surface area contributed by atoms with Crippen LogP contribution in [0.5, 0.6) is 0 Å². The topological polar surface area (TPSA) is 80.8 Å². The van der Waals surface area contributed by atoms with Gasteiger partial charge in [0.1, 0.15) is 6.61 Å². The van der Waals surface area contributed by atoms with Gasteiger partial charge in [-0.15, -0.1) is 24.5 Å². The van der Waals surface area contributed by atoms with Crippen molar-refractivity contribution in [2.45, 2.75) is 31.3 Å². The van der Waals surface area contributed by atoms with Crippen LogP contribution in [0, 0.1) is 0 Å². The summed E-state index contributed by atoms with van der Waals surface area (Å²) in [4.78, 5) is 29.7. The average molecular weight is 499 g/mol. The number of carbonyl (C=O) groups excluding carboxylic acids is 2. The lowest BCUT2D eigenvalue weighted by Crippen LogP contribution is -2.39. The zero-order chi connectivity index (χ0) is 24.4. The molecule has 3 heterocycles. The number of halogens is 6. The Hall–Kier alpha value is -2.61. The predicted molar refractivity (Wildman–Crippen MR) is 105 cm³/mol. The Morgan fingerprint density at radius 2 is 1.85 bits per heavy atom. The number of fused-ring (bicyclic) bond motifs is 1. The number of amides is 2. The van der Waals surface area contributed by atoms with Crippen molar-refractivity contribution in [3.05, 3.63) is 28.3 Å². The SMILES string of the molecule is CNC(=O)c1csc2c(C(F)(F)F)cc(C3CCN(C(=O)OCCOC(F)(F)F)CC3)nc12. The largest absolute Gasteiger partial charge is 0.522 e. The number of nitrogens with one attached hydrogen (secondary N) is 1. The highest BCUT2D eigenvalue weighted by Gasteiger charge is 2.36. The number of alkyl halides is 6. The molecule has 0 unspecified atom stereocenters. The van der Waals surface area contributed by atoms with Crippen molar-refractivity contribution in [3.63, 3.8) is 0 Å². The number of pyridine rings is 1. The monoisotopic (exact) mass is 499 g/mol. The quantitative estimate of drug-likeness (QED) is 0.483. The zero-order valence-corrected chi connectivity index (χ0v) is 18.0. The third-order valence-corrected chi connectivity index (χ3v) is 6.07. The number of likely N-dealkylation sites (tertiary alicyclic amines) is 1. The van der Waals surface area contributed by atoms with E-state index in [1.54, 1.807) is 0 Å². The van der Waals surface area contributed by atoms with Gasteiger partial charge in [0.25, 0.3) is 5.91 Å². The second-order valence-corrected chi connectivity index (χ2v) is 8.05. The van der Waals surface area contributed by atoms with Crippen LogP contribution in [-0.4, -0.2) is 61.6 Å². The van der Waals surface area contributed by atoms with Crippen LogP contribution >= 0.6 is 11.3 Å². The summed E-state index contributed by atoms with van der Waals surface area (Å²) in [6.45, 7) is -1.19. The zero-order valence-electron chi connectivity index (χ0n) is 17.2. The van der Waals surface area contributed by atoms with Crippen LogP contribution in [-0.2, 0) is 15.7 Å². The van der Waals surface area contributed by atoms with Crippen molar-refractivity contribution in [3.8, 4) is 0 Å². The second kappa shape index (κ2) is 9.71. The highest BCUT2D eigenvalue weighted by Crippen LogP contribution is 2.41. The van der Waals surface area contributed by atoms with Crippen molar-refractivity contribution in [1.29, 1.82) is 0 Å². The Kier molecular flexibility index (Phi) is 7.36. The average Bonchev–Trinajstić information content (AvgIpc) is 3.18. The highest BCUT2D eigenvalue weighted by atomic mass is 32.1. The summed E-state index contributed by atoms with van der Waals surface area (Å²) >= 11 is 0.788. The molecule has 1 aliphatic heterocycles. The molecule has 0 aliphatic carbocycles. The number of nitrogens with zero attached hydrogens (tertiary/aromatic N) is 2. The summed E-state index contributed by atoms with van der Waals surface area (Å²) in [6.07, 6.45) is -9.77. The van der Waals surface area contributed by atoms with Crippen LogP contribution in [0.3, 0.4) is 0 Å². The maximum absolute atomic E-state index is 13.7. The van der Waals surface area contributed by atoms with Crippen molar-refractivity contribution < 1.29 is 45.4 Å². The van der Waals surface area contributed by atoms with Crippen molar-refractivity contribution in [2.24, 2.45) is 0 Å². The fourth-order valence-electron chi connectivity index (χ4n) is 3.48. The van der Waals surface area contributed by atoms with Crippen LogP contribution in [0.1, 0.15) is 40.4 Å². The van der Waals surface area contributed by atoms with E-state index in [1.807, 2.05) is 0 Å². The molecule has 2 amide bonds. The smallest absolute Gasteiger partial charge is 0.447 e. The van der Waals surface area contributed by atoms with E-state index in [0.717, 1.165) is 17.4 Å². The molecule has 2 aromatic heterocycles. The Morgan fingerprint density at radius 1 is 1.18 bits per heavy atom. The number of piperidine rings is 1. The first-order chi connectivity index (χ1) is 15.4. The van der Waals surface area contributed by atoms with Crippen molar-refractivity contribution in [1.82, 2.24) is 15.2 Å². The molecule has 0 spiro atoms. The van der Waals surface area contributed by atoms with Gasteiger partial charge in [-0.25, -0.2) is 4.79 Å². The van der Waals surface area contributed by atoms with Crippen molar-refractivity contribution >= 4 is 33.6 Å². The van der Waals surface area contributed by atoms with E-state index in [9.17, 15) is 35.9 Å². The summed E-state index contributed by atoms with van der Waals surface area (Å²) < 4.78 is 85.0. The molecule has 14 heteroatoms. The van der Waals surface area contributed by atoms with Gasteiger partial charge < -0.3 is 15.0 Å². The fraction of sp³-hybridized carbons (Fsp3) is 0.526. The Balaban J connectivity index is 1.72. The molecule has 7 nitrogen and oxygen atoms in total. The lowest BCUT2D eigenvalue weighted by atomic mass is 9.92. The van der Waals surface area contributed by atoms with Crippen LogP contribution in [0.4, 0.5) is 31.1 Å². The summed E-state index contributed by atoms with van der Waals surface area (Å²) in [5, 5.41) is 3.71. The van der Waals surface area contributed by atoms with Gasteiger partial charge in [-0.1, -0.05) is 0 Å². The summed E-state index contributed by atoms with van der Waals surface area (Å²) in [5.74, 6) is -0.961. The Labute approximate surface area is 187 Å². The third-order valence-electron chi connectivity index (χ3n) is 5.07. The van der Waals surface area contributed by atoms with E-state index < -0.39 is 49.2 Å². The first kappa shape index (κ1) is 25.0. The normalized spacial score (nSPS) is 15.7. The molecule has 1 saturated heterocycles. The molecular formula is C19H19F6N3O4S. The number of rotatable bonds is 5. The van der Waals surface area contributed by atoms with Gasteiger partial charge in [0, 0.05) is 37.1 Å². The number of aromatic nitrogens is 1. The first-order valence-corrected chi connectivity index (χ1v) is 10.6. The van der Waals surface area contributed by atoms with E-state index >= 15 is 0 Å². The molecular weight excluding hydrogens is 480 g/mol. The molecule has 182 valence electrons. The number of ether oxygens (including phenoxy) is 2. The minimum absolute atomic E-state index is 0.0318. The first-order valence-electron chi connectivity index (χ1n) is 9.74. The molecule has 33 heavy (non-hydrogen) atoms. The molecule has 0 bridgehead atoms. The van der Waals surface area contributed by atoms with Gasteiger partial charge >= 0.3 is 18.6 Å². The summed E-state index contributed by atoms with van der Waals surface area (Å²) in [5.41, 5.74) is -0.707. The van der Waals surface area contributed by atoms with Crippen LogP contribution in [0.15, 0.2) is 11.4 Å². The molecule has 1 N–H and O–H groups in total. The fourth-order valence-corrected chi connectivity index (χ4v) is 4.50.